The maximum Gasteiger partial charge on any atom is 0.333 e. The van der Waals surface area contributed by atoms with Crippen LogP contribution in [0.3, 0.4) is 0 Å². The smallest absolute Gasteiger partial charge is 0.333 e. The lowest BCUT2D eigenvalue weighted by molar-refractivity contribution is 0.0785. The van der Waals surface area contributed by atoms with Crippen LogP contribution in [0.4, 0.5) is 10.5 Å². The monoisotopic (exact) mass is 452 g/mol. The highest BCUT2D eigenvalue weighted by atomic mass is 35.5. The van der Waals surface area contributed by atoms with Crippen molar-refractivity contribution in [1.29, 1.82) is 0 Å². The molecule has 0 saturated carbocycles. The molecule has 8 heteroatoms. The zero-order chi connectivity index (χ0) is 22.9. The number of halogens is 1. The number of sulfonamides is 1. The molecule has 0 fully saturated rings. The number of carbonyl (C=O) groups is 1. The highest BCUT2D eigenvalue weighted by molar-refractivity contribution is 7.90. The minimum atomic E-state index is -4.09. The molecule has 0 atom stereocenters. The Balaban J connectivity index is 2.31. The van der Waals surface area contributed by atoms with Crippen molar-refractivity contribution in [3.05, 3.63) is 58.1 Å². The van der Waals surface area contributed by atoms with E-state index in [4.69, 9.17) is 11.6 Å². The van der Waals surface area contributed by atoms with Gasteiger partial charge in [0.2, 0.25) is 0 Å². The molecule has 0 aliphatic heterocycles. The second-order valence-electron chi connectivity index (χ2n) is 8.41. The van der Waals surface area contributed by atoms with E-state index in [1.807, 2.05) is 27.7 Å². The number of hydrogen-bond donors (Lipinski definition) is 3. The van der Waals surface area contributed by atoms with Gasteiger partial charge in [0.15, 0.2) is 0 Å². The summed E-state index contributed by atoms with van der Waals surface area (Å²) >= 11 is 6.24. The fourth-order valence-corrected chi connectivity index (χ4v) is 4.21. The maximum absolute atomic E-state index is 12.6. The van der Waals surface area contributed by atoms with Crippen molar-refractivity contribution in [2.24, 2.45) is 0 Å². The van der Waals surface area contributed by atoms with Crippen molar-refractivity contribution in [3.63, 3.8) is 0 Å². The van der Waals surface area contributed by atoms with Gasteiger partial charge in [0.25, 0.3) is 10.0 Å². The summed E-state index contributed by atoms with van der Waals surface area (Å²) in [5, 5.41) is 13.3. The topological polar surface area (TPSA) is 95.5 Å². The molecule has 2 amide bonds. The van der Waals surface area contributed by atoms with Crippen LogP contribution in [-0.2, 0) is 15.6 Å². The second-order valence-corrected chi connectivity index (χ2v) is 10.5. The third kappa shape index (κ3) is 5.74. The average Bonchev–Trinajstić information content (AvgIpc) is 2.61. The largest absolute Gasteiger partial charge is 0.386 e. The number of nitrogens with one attached hydrogen (secondary N) is 2. The van der Waals surface area contributed by atoms with Crippen molar-refractivity contribution in [2.75, 3.05) is 5.32 Å². The first-order chi connectivity index (χ1) is 13.7. The van der Waals surface area contributed by atoms with Crippen LogP contribution in [0.15, 0.2) is 41.3 Å². The van der Waals surface area contributed by atoms with Crippen molar-refractivity contribution in [2.45, 2.75) is 63.9 Å². The summed E-state index contributed by atoms with van der Waals surface area (Å²) in [6, 6.07) is 8.43. The van der Waals surface area contributed by atoms with Crippen LogP contribution in [0.5, 0.6) is 0 Å². The van der Waals surface area contributed by atoms with E-state index in [1.54, 1.807) is 26.0 Å². The van der Waals surface area contributed by atoms with Gasteiger partial charge < -0.3 is 10.4 Å². The molecule has 0 aromatic heterocycles. The van der Waals surface area contributed by atoms with Crippen molar-refractivity contribution in [3.8, 4) is 0 Å². The summed E-state index contributed by atoms with van der Waals surface area (Å²) < 4.78 is 27.3. The predicted octanol–water partition coefficient (Wildman–Crippen LogP) is 5.32. The molecule has 0 heterocycles. The molecule has 2 aromatic carbocycles. The lowest BCUT2D eigenvalue weighted by Crippen LogP contribution is -2.35. The number of amides is 2. The molecule has 0 bridgehead atoms. The van der Waals surface area contributed by atoms with Crippen molar-refractivity contribution in [1.82, 2.24) is 4.72 Å². The van der Waals surface area contributed by atoms with Gasteiger partial charge in [0.1, 0.15) is 0 Å². The molecule has 2 rings (SSSR count). The molecule has 6 nitrogen and oxygen atoms in total. The molecule has 0 aliphatic carbocycles. The highest BCUT2D eigenvalue weighted by Gasteiger charge is 2.23. The Morgan fingerprint density at radius 2 is 1.47 bits per heavy atom. The molecule has 0 unspecified atom stereocenters. The minimum Gasteiger partial charge on any atom is -0.386 e. The molecule has 30 heavy (non-hydrogen) atoms. The summed E-state index contributed by atoms with van der Waals surface area (Å²) in [6.45, 7) is 11.1. The molecule has 0 saturated heterocycles. The van der Waals surface area contributed by atoms with E-state index >= 15 is 0 Å². The van der Waals surface area contributed by atoms with Crippen LogP contribution >= 0.6 is 11.6 Å². The van der Waals surface area contributed by atoms with Gasteiger partial charge in [-0.25, -0.2) is 17.9 Å². The molecule has 164 valence electrons. The van der Waals surface area contributed by atoms with E-state index in [9.17, 15) is 18.3 Å². The predicted molar refractivity (Wildman–Crippen MR) is 121 cm³/mol. The van der Waals surface area contributed by atoms with Crippen LogP contribution in [0, 0.1) is 0 Å². The molecular weight excluding hydrogens is 424 g/mol. The van der Waals surface area contributed by atoms with Gasteiger partial charge in [-0.3, -0.25) is 0 Å². The Morgan fingerprint density at radius 3 is 1.87 bits per heavy atom. The number of carbonyl (C=O) groups excluding carboxylic acids is 1. The fourth-order valence-electron chi connectivity index (χ4n) is 3.07. The van der Waals surface area contributed by atoms with Gasteiger partial charge in [-0.05, 0) is 66.6 Å². The van der Waals surface area contributed by atoms with Crippen LogP contribution in [0.25, 0.3) is 0 Å². The zero-order valence-corrected chi connectivity index (χ0v) is 19.6. The Labute approximate surface area is 183 Å². The molecular formula is C22H29ClN2O4S. The van der Waals surface area contributed by atoms with Gasteiger partial charge in [-0.1, -0.05) is 51.4 Å². The lowest BCUT2D eigenvalue weighted by atomic mass is 9.92. The summed E-state index contributed by atoms with van der Waals surface area (Å²) in [5.74, 6) is 0.143. The summed E-state index contributed by atoms with van der Waals surface area (Å²) in [7, 11) is -4.09. The Hall–Kier alpha value is -2.09. The number of urea groups is 1. The third-order valence-electron chi connectivity index (χ3n) is 4.74. The van der Waals surface area contributed by atoms with E-state index < -0.39 is 21.7 Å². The first kappa shape index (κ1) is 24.2. The minimum absolute atomic E-state index is 0.0717. The number of hydrogen-bond acceptors (Lipinski definition) is 4. The highest BCUT2D eigenvalue weighted by Crippen LogP contribution is 2.35. The third-order valence-corrected chi connectivity index (χ3v) is 6.31. The first-order valence-corrected chi connectivity index (χ1v) is 11.6. The molecule has 0 radical (unpaired) electrons. The summed E-state index contributed by atoms with van der Waals surface area (Å²) in [5.41, 5.74) is 1.69. The average molecular weight is 453 g/mol. The van der Waals surface area contributed by atoms with E-state index in [1.165, 1.54) is 24.3 Å². The van der Waals surface area contributed by atoms with E-state index in [-0.39, 0.29) is 16.7 Å². The molecule has 0 aliphatic rings. The second kappa shape index (κ2) is 8.96. The lowest BCUT2D eigenvalue weighted by Gasteiger charge is -2.21. The molecule has 0 spiro atoms. The number of anilines is 1. The quantitative estimate of drug-likeness (QED) is 0.552. The van der Waals surface area contributed by atoms with E-state index in [0.29, 0.717) is 16.3 Å². The van der Waals surface area contributed by atoms with Gasteiger partial charge in [0.05, 0.1) is 10.5 Å². The summed E-state index contributed by atoms with van der Waals surface area (Å²) in [4.78, 5) is 12.5. The Kier molecular flexibility index (Phi) is 7.22. The fraction of sp³-hybridized carbons (Fsp3) is 0.409. The van der Waals surface area contributed by atoms with Crippen molar-refractivity contribution >= 4 is 33.3 Å². The Morgan fingerprint density at radius 1 is 1.00 bits per heavy atom. The molecule has 2 aromatic rings. The molecule has 3 N–H and O–H groups in total. The van der Waals surface area contributed by atoms with Crippen LogP contribution in [0.1, 0.15) is 70.1 Å². The Bertz CT molecular complexity index is 995. The van der Waals surface area contributed by atoms with Gasteiger partial charge >= 0.3 is 6.03 Å². The van der Waals surface area contributed by atoms with Crippen LogP contribution < -0.4 is 10.0 Å². The van der Waals surface area contributed by atoms with Gasteiger partial charge in [-0.15, -0.1) is 0 Å². The summed E-state index contributed by atoms with van der Waals surface area (Å²) in [6.07, 6.45) is 0. The number of benzene rings is 2. The van der Waals surface area contributed by atoms with Crippen LogP contribution in [-0.4, -0.2) is 19.6 Å². The van der Waals surface area contributed by atoms with Gasteiger partial charge in [-0.2, -0.15) is 0 Å². The number of rotatable bonds is 6. The zero-order valence-electron chi connectivity index (χ0n) is 18.1. The van der Waals surface area contributed by atoms with E-state index in [2.05, 4.69) is 10.0 Å². The first-order valence-electron chi connectivity index (χ1n) is 9.72. The standard InChI is InChI=1S/C22H29ClN2O4S/c1-13(2)18-11-16(23)12-19(14(3)4)20(18)24-21(26)25-30(28,29)17-9-7-15(8-10-17)22(5,6)27/h7-14,27H,1-6H3,(H2,24,25,26). The van der Waals surface area contributed by atoms with Gasteiger partial charge in [0, 0.05) is 10.7 Å². The number of aliphatic hydroxyl groups is 1. The van der Waals surface area contributed by atoms with Crippen molar-refractivity contribution < 1.29 is 18.3 Å². The normalized spacial score (nSPS) is 12.3. The van der Waals surface area contributed by atoms with E-state index in [0.717, 1.165) is 11.1 Å². The van der Waals surface area contributed by atoms with Crippen LogP contribution in [0.2, 0.25) is 5.02 Å². The maximum atomic E-state index is 12.6. The SMILES string of the molecule is CC(C)c1cc(Cl)cc(C(C)C)c1NC(=O)NS(=O)(=O)c1ccc(C(C)(C)O)cc1.